The Labute approximate surface area is 116 Å². The fourth-order valence-electron chi connectivity index (χ4n) is 1.55. The molecule has 5 nitrogen and oxygen atoms in total. The van der Waals surface area contributed by atoms with Crippen LogP contribution in [0.3, 0.4) is 0 Å². The van der Waals surface area contributed by atoms with Gasteiger partial charge in [-0.15, -0.1) is 0 Å². The van der Waals surface area contributed by atoms with Crippen LogP contribution in [0.15, 0.2) is 29.2 Å². The Hall–Kier alpha value is -1.25. The zero-order valence-electron chi connectivity index (χ0n) is 10.6. The number of benzene rings is 1. The third kappa shape index (κ3) is 4.12. The van der Waals surface area contributed by atoms with Gasteiger partial charge in [-0.3, -0.25) is 0 Å². The predicted octanol–water partition coefficient (Wildman–Crippen LogP) is 1.17. The first-order valence-corrected chi connectivity index (χ1v) is 7.69. The quantitative estimate of drug-likeness (QED) is 0.706. The molecule has 1 saturated carbocycles. The molecule has 112 valence electrons. The maximum Gasteiger partial charge on any atom is 0.265 e. The molecule has 0 heterocycles. The Kier molecular flexibility index (Phi) is 4.56. The minimum Gasteiger partial charge on any atom is -0.385 e. The Balaban J connectivity index is 1.95. The Morgan fingerprint density at radius 2 is 1.85 bits per heavy atom. The van der Waals surface area contributed by atoms with E-state index in [1.165, 1.54) is 24.3 Å². The van der Waals surface area contributed by atoms with Crippen molar-refractivity contribution in [1.29, 1.82) is 0 Å². The van der Waals surface area contributed by atoms with Crippen molar-refractivity contribution in [3.63, 3.8) is 0 Å². The van der Waals surface area contributed by atoms with Crippen molar-refractivity contribution in [1.82, 2.24) is 4.72 Å². The summed E-state index contributed by atoms with van der Waals surface area (Å²) in [4.78, 5) is 0.129. The number of anilines is 1. The van der Waals surface area contributed by atoms with Crippen LogP contribution in [0, 0.1) is 0 Å². The van der Waals surface area contributed by atoms with E-state index in [4.69, 9.17) is 5.11 Å². The number of hydrogen-bond acceptors (Lipinski definition) is 4. The number of nitrogens with one attached hydrogen (secondary N) is 2. The second-order valence-electron chi connectivity index (χ2n) is 4.70. The van der Waals surface area contributed by atoms with Crippen molar-refractivity contribution in [3.8, 4) is 0 Å². The minimum atomic E-state index is -3.51. The summed E-state index contributed by atoms with van der Waals surface area (Å²) in [5.41, 5.74) is 0.468. The lowest BCUT2D eigenvalue weighted by molar-refractivity contribution is 0.00384. The van der Waals surface area contributed by atoms with Crippen molar-refractivity contribution in [2.75, 3.05) is 11.9 Å². The molecular weight excluding hydrogens is 290 g/mol. The molecular formula is C12H16F2N2O3S. The van der Waals surface area contributed by atoms with Gasteiger partial charge >= 0.3 is 0 Å². The van der Waals surface area contributed by atoms with Gasteiger partial charge in [-0.25, -0.2) is 21.9 Å². The normalized spacial score (nSPS) is 17.2. The van der Waals surface area contributed by atoms with Gasteiger partial charge in [-0.05, 0) is 37.1 Å². The smallest absolute Gasteiger partial charge is 0.265 e. The van der Waals surface area contributed by atoms with Crippen molar-refractivity contribution in [2.45, 2.75) is 36.3 Å². The topological polar surface area (TPSA) is 78.4 Å². The standard InChI is InChI=1S/C12H16F2N2O3S/c13-12(14)11(17)7-15-8-3-5-10(6-4-8)20(18,19)16-9-1-2-9/h3-6,9,11-12,15-17H,1-2,7H2. The highest BCUT2D eigenvalue weighted by molar-refractivity contribution is 7.89. The minimum absolute atomic E-state index is 0.0268. The monoisotopic (exact) mass is 306 g/mol. The van der Waals surface area contributed by atoms with E-state index < -0.39 is 22.6 Å². The highest BCUT2D eigenvalue weighted by atomic mass is 32.2. The predicted molar refractivity (Wildman–Crippen MR) is 70.3 cm³/mol. The van der Waals surface area contributed by atoms with E-state index in [1.54, 1.807) is 0 Å². The van der Waals surface area contributed by atoms with Crippen LogP contribution in [0.4, 0.5) is 14.5 Å². The number of alkyl halides is 2. The molecule has 0 saturated heterocycles. The molecule has 0 radical (unpaired) electrons. The molecule has 2 rings (SSSR count). The molecule has 0 aromatic heterocycles. The van der Waals surface area contributed by atoms with Gasteiger partial charge < -0.3 is 10.4 Å². The third-order valence-corrected chi connectivity index (χ3v) is 4.41. The summed E-state index contributed by atoms with van der Waals surface area (Å²) in [5, 5.41) is 11.6. The van der Waals surface area contributed by atoms with Crippen LogP contribution in [-0.2, 0) is 10.0 Å². The fraction of sp³-hybridized carbons (Fsp3) is 0.500. The highest BCUT2D eigenvalue weighted by Gasteiger charge is 2.27. The molecule has 8 heteroatoms. The van der Waals surface area contributed by atoms with Gasteiger partial charge in [0, 0.05) is 18.3 Å². The Morgan fingerprint density at radius 3 is 2.35 bits per heavy atom. The van der Waals surface area contributed by atoms with E-state index in [1.807, 2.05) is 0 Å². The number of halogens is 2. The van der Waals surface area contributed by atoms with Crippen molar-refractivity contribution in [3.05, 3.63) is 24.3 Å². The van der Waals surface area contributed by atoms with Crippen molar-refractivity contribution < 1.29 is 22.3 Å². The summed E-state index contributed by atoms with van der Waals surface area (Å²) < 4.78 is 50.5. The first kappa shape index (κ1) is 15.1. The van der Waals surface area contributed by atoms with E-state index in [0.717, 1.165) is 12.8 Å². The van der Waals surface area contributed by atoms with Gasteiger partial charge in [0.25, 0.3) is 6.43 Å². The third-order valence-electron chi connectivity index (χ3n) is 2.87. The highest BCUT2D eigenvalue weighted by Crippen LogP contribution is 2.22. The van der Waals surface area contributed by atoms with Gasteiger partial charge in [0.15, 0.2) is 0 Å². The molecule has 1 aromatic rings. The molecule has 1 aliphatic rings. The first-order valence-electron chi connectivity index (χ1n) is 6.21. The number of rotatable bonds is 7. The van der Waals surface area contributed by atoms with Crippen LogP contribution in [0.1, 0.15) is 12.8 Å². The summed E-state index contributed by atoms with van der Waals surface area (Å²) >= 11 is 0. The largest absolute Gasteiger partial charge is 0.385 e. The zero-order valence-corrected chi connectivity index (χ0v) is 11.4. The average Bonchev–Trinajstić information content (AvgIpc) is 3.19. The van der Waals surface area contributed by atoms with E-state index in [-0.39, 0.29) is 17.5 Å². The maximum absolute atomic E-state index is 12.1. The van der Waals surface area contributed by atoms with Crippen molar-refractivity contribution >= 4 is 15.7 Å². The number of sulfonamides is 1. The van der Waals surface area contributed by atoms with Crippen LogP contribution in [0.25, 0.3) is 0 Å². The fourth-order valence-corrected chi connectivity index (χ4v) is 2.86. The molecule has 0 amide bonds. The number of aliphatic hydroxyl groups is 1. The molecule has 0 spiro atoms. The summed E-state index contributed by atoms with van der Waals surface area (Å²) in [7, 11) is -3.51. The lowest BCUT2D eigenvalue weighted by Gasteiger charge is -2.12. The number of hydrogen-bond donors (Lipinski definition) is 3. The second-order valence-corrected chi connectivity index (χ2v) is 6.42. The van der Waals surface area contributed by atoms with Crippen LogP contribution in [0.5, 0.6) is 0 Å². The van der Waals surface area contributed by atoms with Crippen molar-refractivity contribution in [2.24, 2.45) is 0 Å². The number of aliphatic hydroxyl groups excluding tert-OH is 1. The van der Waals surface area contributed by atoms with E-state index >= 15 is 0 Å². The SMILES string of the molecule is O=S(=O)(NC1CC1)c1ccc(NCC(O)C(F)F)cc1. The molecule has 20 heavy (non-hydrogen) atoms. The van der Waals surface area contributed by atoms with Crippen LogP contribution >= 0.6 is 0 Å². The Bertz CT molecular complexity index is 544. The lowest BCUT2D eigenvalue weighted by atomic mass is 10.3. The van der Waals surface area contributed by atoms with Crippen LogP contribution < -0.4 is 10.0 Å². The van der Waals surface area contributed by atoms with E-state index in [2.05, 4.69) is 10.0 Å². The molecule has 0 aliphatic heterocycles. The molecule has 1 atom stereocenters. The van der Waals surface area contributed by atoms with Crippen LogP contribution in [-0.4, -0.2) is 38.6 Å². The van der Waals surface area contributed by atoms with Gasteiger partial charge in [0.05, 0.1) is 4.90 Å². The molecule has 1 unspecified atom stereocenters. The maximum atomic E-state index is 12.1. The Morgan fingerprint density at radius 1 is 1.25 bits per heavy atom. The van der Waals surface area contributed by atoms with Crippen LogP contribution in [0.2, 0.25) is 0 Å². The average molecular weight is 306 g/mol. The molecule has 0 bridgehead atoms. The second kappa shape index (κ2) is 6.02. The summed E-state index contributed by atoms with van der Waals surface area (Å²) in [6, 6.07) is 5.75. The van der Waals surface area contributed by atoms with Gasteiger partial charge in [-0.1, -0.05) is 0 Å². The molecule has 1 aliphatic carbocycles. The van der Waals surface area contributed by atoms with Gasteiger partial charge in [0.2, 0.25) is 10.0 Å². The zero-order chi connectivity index (χ0) is 14.8. The molecule has 1 aromatic carbocycles. The molecule has 1 fully saturated rings. The summed E-state index contributed by atoms with van der Waals surface area (Å²) in [5.74, 6) is 0. The van der Waals surface area contributed by atoms with E-state index in [9.17, 15) is 17.2 Å². The summed E-state index contributed by atoms with van der Waals surface area (Å²) in [6.07, 6.45) is -2.87. The summed E-state index contributed by atoms with van der Waals surface area (Å²) in [6.45, 7) is -0.302. The lowest BCUT2D eigenvalue weighted by Crippen LogP contribution is -2.27. The first-order chi connectivity index (χ1) is 9.38. The van der Waals surface area contributed by atoms with Gasteiger partial charge in [-0.2, -0.15) is 0 Å². The molecule has 3 N–H and O–H groups in total. The van der Waals surface area contributed by atoms with E-state index in [0.29, 0.717) is 5.69 Å². The van der Waals surface area contributed by atoms with Gasteiger partial charge in [0.1, 0.15) is 6.10 Å².